The molecule has 0 aliphatic heterocycles. The fourth-order valence-corrected chi connectivity index (χ4v) is 1.58. The lowest BCUT2D eigenvalue weighted by atomic mass is 10.2. The zero-order valence-corrected chi connectivity index (χ0v) is 10.7. The standard InChI is InChI=1S/C11H9N5O5/c1-6-3-2-4-7(15(17)18)9(6)21-10-8(16(19)20)5-13-11(12)14-10/h2-5H,1H3,(H2,12,13,14). The van der Waals surface area contributed by atoms with Gasteiger partial charge in [0, 0.05) is 6.07 Å². The molecule has 1 aromatic heterocycles. The molecule has 21 heavy (non-hydrogen) atoms. The Balaban J connectivity index is 2.55. The topological polar surface area (TPSA) is 147 Å². The third kappa shape index (κ3) is 2.83. The molecule has 0 saturated heterocycles. The molecule has 2 rings (SSSR count). The van der Waals surface area contributed by atoms with E-state index in [9.17, 15) is 20.2 Å². The van der Waals surface area contributed by atoms with Crippen molar-refractivity contribution in [3.8, 4) is 11.6 Å². The second-order valence-electron chi connectivity index (χ2n) is 3.96. The van der Waals surface area contributed by atoms with Crippen molar-refractivity contribution in [2.45, 2.75) is 6.92 Å². The molecule has 0 unspecified atom stereocenters. The minimum absolute atomic E-state index is 0.135. The number of para-hydroxylation sites is 1. The number of ether oxygens (including phenoxy) is 1. The third-order valence-corrected chi connectivity index (χ3v) is 2.54. The Morgan fingerprint density at radius 3 is 2.48 bits per heavy atom. The predicted molar refractivity (Wildman–Crippen MR) is 71.0 cm³/mol. The van der Waals surface area contributed by atoms with Crippen LogP contribution < -0.4 is 10.5 Å². The Morgan fingerprint density at radius 1 is 1.19 bits per heavy atom. The first-order valence-corrected chi connectivity index (χ1v) is 5.59. The Labute approximate surface area is 117 Å². The summed E-state index contributed by atoms with van der Waals surface area (Å²) in [6.07, 6.45) is 0.877. The van der Waals surface area contributed by atoms with Crippen LogP contribution in [0.5, 0.6) is 11.6 Å². The number of aryl methyl sites for hydroxylation is 1. The molecule has 1 aromatic carbocycles. The Kier molecular flexibility index (Phi) is 3.61. The lowest BCUT2D eigenvalue weighted by Gasteiger charge is -2.08. The molecule has 108 valence electrons. The smallest absolute Gasteiger partial charge is 0.349 e. The van der Waals surface area contributed by atoms with Gasteiger partial charge in [-0.05, 0) is 12.5 Å². The van der Waals surface area contributed by atoms with E-state index in [2.05, 4.69) is 9.97 Å². The van der Waals surface area contributed by atoms with E-state index in [0.717, 1.165) is 6.20 Å². The van der Waals surface area contributed by atoms with Gasteiger partial charge in [-0.1, -0.05) is 12.1 Å². The van der Waals surface area contributed by atoms with Crippen LogP contribution in [0.3, 0.4) is 0 Å². The molecule has 0 atom stereocenters. The van der Waals surface area contributed by atoms with Crippen molar-refractivity contribution in [1.29, 1.82) is 0 Å². The number of rotatable bonds is 4. The van der Waals surface area contributed by atoms with Gasteiger partial charge in [-0.15, -0.1) is 0 Å². The van der Waals surface area contributed by atoms with Gasteiger partial charge in [-0.3, -0.25) is 20.2 Å². The summed E-state index contributed by atoms with van der Waals surface area (Å²) in [5.41, 5.74) is 4.91. The molecule has 10 heteroatoms. The molecule has 0 fully saturated rings. The van der Waals surface area contributed by atoms with Gasteiger partial charge < -0.3 is 10.5 Å². The van der Waals surface area contributed by atoms with Crippen LogP contribution in [-0.4, -0.2) is 19.8 Å². The highest BCUT2D eigenvalue weighted by molar-refractivity contribution is 5.54. The van der Waals surface area contributed by atoms with E-state index in [1.165, 1.54) is 12.1 Å². The van der Waals surface area contributed by atoms with Gasteiger partial charge in [0.2, 0.25) is 11.7 Å². The SMILES string of the molecule is Cc1cccc([N+](=O)[O-])c1Oc1nc(N)ncc1[N+](=O)[O-]. The summed E-state index contributed by atoms with van der Waals surface area (Å²) in [7, 11) is 0. The van der Waals surface area contributed by atoms with Crippen LogP contribution in [0.4, 0.5) is 17.3 Å². The lowest BCUT2D eigenvalue weighted by molar-refractivity contribution is -0.387. The highest BCUT2D eigenvalue weighted by atomic mass is 16.6. The largest absolute Gasteiger partial charge is 0.426 e. The number of hydrogen-bond donors (Lipinski definition) is 1. The number of aromatic nitrogens is 2. The molecule has 2 aromatic rings. The van der Waals surface area contributed by atoms with Gasteiger partial charge in [0.15, 0.2) is 0 Å². The minimum atomic E-state index is -0.765. The fraction of sp³-hybridized carbons (Fsp3) is 0.0909. The van der Waals surface area contributed by atoms with Gasteiger partial charge in [-0.2, -0.15) is 4.98 Å². The van der Waals surface area contributed by atoms with E-state index in [1.54, 1.807) is 13.0 Å². The number of nitrogens with zero attached hydrogens (tertiary/aromatic N) is 4. The first-order valence-electron chi connectivity index (χ1n) is 5.59. The number of nitro groups is 2. The fourth-order valence-electron chi connectivity index (χ4n) is 1.58. The van der Waals surface area contributed by atoms with Crippen LogP contribution in [0.25, 0.3) is 0 Å². The average molecular weight is 291 g/mol. The zero-order valence-electron chi connectivity index (χ0n) is 10.7. The van der Waals surface area contributed by atoms with Gasteiger partial charge in [0.1, 0.15) is 6.20 Å². The normalized spacial score (nSPS) is 10.1. The third-order valence-electron chi connectivity index (χ3n) is 2.54. The lowest BCUT2D eigenvalue weighted by Crippen LogP contribution is -2.03. The first-order chi connectivity index (χ1) is 9.90. The van der Waals surface area contributed by atoms with Crippen LogP contribution in [0, 0.1) is 27.2 Å². The van der Waals surface area contributed by atoms with Gasteiger partial charge in [-0.25, -0.2) is 4.98 Å². The summed E-state index contributed by atoms with van der Waals surface area (Å²) in [5.74, 6) is -0.833. The maximum atomic E-state index is 11.0. The molecule has 2 N–H and O–H groups in total. The molecular formula is C11H9N5O5. The van der Waals surface area contributed by atoms with Crippen LogP contribution >= 0.6 is 0 Å². The van der Waals surface area contributed by atoms with Gasteiger partial charge >= 0.3 is 17.3 Å². The van der Waals surface area contributed by atoms with Crippen molar-refractivity contribution in [3.63, 3.8) is 0 Å². The quantitative estimate of drug-likeness (QED) is 0.663. The number of nitro benzene ring substituents is 1. The monoisotopic (exact) mass is 291 g/mol. The molecule has 0 radical (unpaired) electrons. The second-order valence-corrected chi connectivity index (χ2v) is 3.96. The molecule has 0 aliphatic carbocycles. The van der Waals surface area contributed by atoms with E-state index in [-0.39, 0.29) is 17.4 Å². The Hall–Kier alpha value is -3.30. The molecule has 0 aliphatic rings. The molecule has 0 amide bonds. The molecule has 0 spiro atoms. The predicted octanol–water partition coefficient (Wildman–Crippen LogP) is 1.98. The number of nitrogen functional groups attached to an aromatic ring is 1. The number of benzene rings is 1. The van der Waals surface area contributed by atoms with E-state index < -0.39 is 21.4 Å². The van der Waals surface area contributed by atoms with Gasteiger partial charge in [0.05, 0.1) is 9.85 Å². The van der Waals surface area contributed by atoms with Crippen molar-refractivity contribution in [2.75, 3.05) is 5.73 Å². The van der Waals surface area contributed by atoms with E-state index in [1.807, 2.05) is 0 Å². The highest BCUT2D eigenvalue weighted by Gasteiger charge is 2.24. The van der Waals surface area contributed by atoms with E-state index in [4.69, 9.17) is 10.5 Å². The second kappa shape index (κ2) is 5.36. The molecule has 0 bridgehead atoms. The summed E-state index contributed by atoms with van der Waals surface area (Å²) in [6.45, 7) is 1.57. The van der Waals surface area contributed by atoms with Crippen LogP contribution in [0.15, 0.2) is 24.4 Å². The Bertz CT molecular complexity index is 733. The zero-order chi connectivity index (χ0) is 15.6. The average Bonchev–Trinajstić information content (AvgIpc) is 2.40. The summed E-state index contributed by atoms with van der Waals surface area (Å²) in [4.78, 5) is 27.6. The summed E-state index contributed by atoms with van der Waals surface area (Å²) < 4.78 is 5.26. The summed E-state index contributed by atoms with van der Waals surface area (Å²) in [5, 5.41) is 21.9. The number of anilines is 1. The molecule has 1 heterocycles. The number of hydrogen-bond acceptors (Lipinski definition) is 8. The maximum Gasteiger partial charge on any atom is 0.349 e. The first kappa shape index (κ1) is 14.1. The van der Waals surface area contributed by atoms with Crippen LogP contribution in [-0.2, 0) is 0 Å². The summed E-state index contributed by atoms with van der Waals surface area (Å²) in [6, 6.07) is 4.26. The van der Waals surface area contributed by atoms with Crippen molar-refractivity contribution < 1.29 is 14.6 Å². The van der Waals surface area contributed by atoms with Crippen LogP contribution in [0.2, 0.25) is 0 Å². The summed E-state index contributed by atoms with van der Waals surface area (Å²) >= 11 is 0. The molecular weight excluding hydrogens is 282 g/mol. The van der Waals surface area contributed by atoms with Crippen molar-refractivity contribution in [3.05, 3.63) is 50.2 Å². The number of nitrogens with two attached hydrogens (primary N) is 1. The van der Waals surface area contributed by atoms with E-state index in [0.29, 0.717) is 5.56 Å². The van der Waals surface area contributed by atoms with Crippen molar-refractivity contribution in [1.82, 2.24) is 9.97 Å². The van der Waals surface area contributed by atoms with Crippen molar-refractivity contribution >= 4 is 17.3 Å². The van der Waals surface area contributed by atoms with Crippen LogP contribution in [0.1, 0.15) is 5.56 Å². The molecule has 10 nitrogen and oxygen atoms in total. The Morgan fingerprint density at radius 2 is 1.86 bits per heavy atom. The van der Waals surface area contributed by atoms with Gasteiger partial charge in [0.25, 0.3) is 0 Å². The minimum Gasteiger partial charge on any atom is -0.426 e. The molecule has 0 saturated carbocycles. The van der Waals surface area contributed by atoms with Crippen molar-refractivity contribution in [2.24, 2.45) is 0 Å². The van der Waals surface area contributed by atoms with E-state index >= 15 is 0 Å². The highest BCUT2D eigenvalue weighted by Crippen LogP contribution is 2.36. The maximum absolute atomic E-state index is 11.0.